The number of esters is 1. The fourth-order valence-electron chi connectivity index (χ4n) is 2.79. The number of carbonyl (C=O) groups excluding carboxylic acids is 2. The van der Waals surface area contributed by atoms with Gasteiger partial charge in [0, 0.05) is 17.1 Å². The van der Waals surface area contributed by atoms with Crippen LogP contribution in [0.4, 0.5) is 0 Å². The van der Waals surface area contributed by atoms with Crippen molar-refractivity contribution < 1.29 is 14.3 Å². The molecule has 1 aliphatic rings. The third kappa shape index (κ3) is 4.97. The molecular formula is C19H28ClNO3. The first-order chi connectivity index (χ1) is 11.4. The molecule has 1 saturated heterocycles. The third-order valence-corrected chi connectivity index (χ3v) is 4.51. The molecule has 2 atom stereocenters. The SMILES string of the molecule is CC.CCOC(=O)[C@H]1C[C@H](C)CCN1C(=O)c1ccc(Cl)c(C)c1. The third-order valence-electron chi connectivity index (χ3n) is 4.09. The van der Waals surface area contributed by atoms with E-state index in [0.717, 1.165) is 12.0 Å². The Labute approximate surface area is 150 Å². The molecule has 1 heterocycles. The Balaban J connectivity index is 0.00000139. The number of piperidine rings is 1. The van der Waals surface area contributed by atoms with Crippen LogP contribution in [0, 0.1) is 12.8 Å². The van der Waals surface area contributed by atoms with E-state index in [1.807, 2.05) is 20.8 Å². The number of hydrogen-bond donors (Lipinski definition) is 0. The zero-order chi connectivity index (χ0) is 18.3. The van der Waals surface area contributed by atoms with E-state index in [2.05, 4.69) is 6.92 Å². The minimum Gasteiger partial charge on any atom is -0.464 e. The average Bonchev–Trinajstić information content (AvgIpc) is 2.58. The largest absolute Gasteiger partial charge is 0.464 e. The van der Waals surface area contributed by atoms with Gasteiger partial charge in [0.15, 0.2) is 0 Å². The zero-order valence-electron chi connectivity index (χ0n) is 15.3. The molecule has 0 aliphatic carbocycles. The number of amides is 1. The lowest BCUT2D eigenvalue weighted by Crippen LogP contribution is -2.50. The predicted molar refractivity (Wildman–Crippen MR) is 97.4 cm³/mol. The van der Waals surface area contributed by atoms with Crippen LogP contribution in [0.15, 0.2) is 18.2 Å². The van der Waals surface area contributed by atoms with Gasteiger partial charge in [-0.05, 0) is 56.4 Å². The lowest BCUT2D eigenvalue weighted by Gasteiger charge is -2.37. The van der Waals surface area contributed by atoms with Gasteiger partial charge < -0.3 is 9.64 Å². The number of carbonyl (C=O) groups is 2. The van der Waals surface area contributed by atoms with Gasteiger partial charge in [-0.25, -0.2) is 4.79 Å². The van der Waals surface area contributed by atoms with Crippen LogP contribution in [-0.2, 0) is 9.53 Å². The van der Waals surface area contributed by atoms with Crippen molar-refractivity contribution in [3.05, 3.63) is 34.3 Å². The summed E-state index contributed by atoms with van der Waals surface area (Å²) in [5.41, 5.74) is 1.41. The van der Waals surface area contributed by atoms with Crippen molar-refractivity contribution in [3.63, 3.8) is 0 Å². The second-order valence-corrected chi connectivity index (χ2v) is 6.27. The highest BCUT2D eigenvalue weighted by molar-refractivity contribution is 6.31. The Hall–Kier alpha value is -1.55. The van der Waals surface area contributed by atoms with Gasteiger partial charge in [-0.3, -0.25) is 4.79 Å². The molecule has 1 aromatic rings. The van der Waals surface area contributed by atoms with Gasteiger partial charge in [0.2, 0.25) is 0 Å². The summed E-state index contributed by atoms with van der Waals surface area (Å²) in [5.74, 6) is -0.0387. The second-order valence-electron chi connectivity index (χ2n) is 5.86. The van der Waals surface area contributed by atoms with Crippen LogP contribution in [0.3, 0.4) is 0 Å². The van der Waals surface area contributed by atoms with E-state index in [4.69, 9.17) is 16.3 Å². The Bertz CT molecular complexity index is 574. The van der Waals surface area contributed by atoms with Crippen LogP contribution in [0.5, 0.6) is 0 Å². The number of rotatable bonds is 3. The van der Waals surface area contributed by atoms with Crippen molar-refractivity contribution in [1.29, 1.82) is 0 Å². The summed E-state index contributed by atoms with van der Waals surface area (Å²) in [6, 6.07) is 4.70. The number of hydrogen-bond acceptors (Lipinski definition) is 3. The molecule has 1 aliphatic heterocycles. The molecule has 1 fully saturated rings. The molecule has 24 heavy (non-hydrogen) atoms. The highest BCUT2D eigenvalue weighted by Crippen LogP contribution is 2.26. The number of likely N-dealkylation sites (tertiary alicyclic amines) is 1. The fourth-order valence-corrected chi connectivity index (χ4v) is 2.91. The highest BCUT2D eigenvalue weighted by Gasteiger charge is 2.36. The molecule has 1 aromatic carbocycles. The molecule has 0 N–H and O–H groups in total. The minimum atomic E-state index is -0.493. The van der Waals surface area contributed by atoms with Crippen LogP contribution in [0.2, 0.25) is 5.02 Å². The molecule has 2 rings (SSSR count). The van der Waals surface area contributed by atoms with E-state index in [0.29, 0.717) is 36.1 Å². The van der Waals surface area contributed by atoms with Gasteiger partial charge in [-0.1, -0.05) is 32.4 Å². The monoisotopic (exact) mass is 353 g/mol. The number of nitrogens with zero attached hydrogens (tertiary/aromatic N) is 1. The maximum atomic E-state index is 12.8. The lowest BCUT2D eigenvalue weighted by atomic mass is 9.91. The Morgan fingerprint density at radius 1 is 1.33 bits per heavy atom. The lowest BCUT2D eigenvalue weighted by molar-refractivity contribution is -0.150. The van der Waals surface area contributed by atoms with Crippen molar-refractivity contribution in [2.75, 3.05) is 13.2 Å². The molecule has 134 valence electrons. The van der Waals surface area contributed by atoms with E-state index >= 15 is 0 Å². The molecule has 0 radical (unpaired) electrons. The second kappa shape index (κ2) is 9.67. The topological polar surface area (TPSA) is 46.6 Å². The molecule has 5 heteroatoms. The van der Waals surface area contributed by atoms with Crippen molar-refractivity contribution >= 4 is 23.5 Å². The van der Waals surface area contributed by atoms with Crippen molar-refractivity contribution in [3.8, 4) is 0 Å². The summed E-state index contributed by atoms with van der Waals surface area (Å²) in [5, 5.41) is 0.630. The Morgan fingerprint density at radius 3 is 2.58 bits per heavy atom. The summed E-state index contributed by atoms with van der Waals surface area (Å²) in [7, 11) is 0. The average molecular weight is 354 g/mol. The van der Waals surface area contributed by atoms with Crippen molar-refractivity contribution in [2.45, 2.75) is 53.5 Å². The molecule has 0 unspecified atom stereocenters. The first kappa shape index (κ1) is 20.5. The van der Waals surface area contributed by atoms with E-state index in [9.17, 15) is 9.59 Å². The summed E-state index contributed by atoms with van der Waals surface area (Å²) >= 11 is 6.01. The first-order valence-corrected chi connectivity index (χ1v) is 9.05. The highest BCUT2D eigenvalue weighted by atomic mass is 35.5. The zero-order valence-corrected chi connectivity index (χ0v) is 16.0. The van der Waals surface area contributed by atoms with Gasteiger partial charge in [-0.2, -0.15) is 0 Å². The quantitative estimate of drug-likeness (QED) is 0.753. The Kier molecular flexibility index (Phi) is 8.26. The molecule has 0 saturated carbocycles. The standard InChI is InChI=1S/C17H22ClNO3.C2H6/c1-4-22-17(21)15-9-11(2)7-8-19(15)16(20)13-5-6-14(18)12(3)10-13;1-2/h5-6,10-11,15H,4,7-9H2,1-3H3;1-2H3/t11-,15-;/m1./s1. The number of halogens is 1. The predicted octanol–water partition coefficient (Wildman–Crippen LogP) is 4.48. The van der Waals surface area contributed by atoms with Crippen LogP contribution in [0.1, 0.15) is 56.5 Å². The van der Waals surface area contributed by atoms with Gasteiger partial charge in [0.1, 0.15) is 6.04 Å². The smallest absolute Gasteiger partial charge is 0.328 e. The van der Waals surface area contributed by atoms with Crippen LogP contribution < -0.4 is 0 Å². The molecule has 1 amide bonds. The summed E-state index contributed by atoms with van der Waals surface area (Å²) < 4.78 is 5.13. The van der Waals surface area contributed by atoms with Gasteiger partial charge in [0.05, 0.1) is 6.61 Å². The van der Waals surface area contributed by atoms with E-state index in [1.54, 1.807) is 30.0 Å². The molecule has 4 nitrogen and oxygen atoms in total. The van der Waals surface area contributed by atoms with E-state index in [-0.39, 0.29) is 11.9 Å². The van der Waals surface area contributed by atoms with Crippen molar-refractivity contribution in [1.82, 2.24) is 4.90 Å². The van der Waals surface area contributed by atoms with Gasteiger partial charge in [0.25, 0.3) is 5.91 Å². The molecule has 0 bridgehead atoms. The molecule has 0 aromatic heterocycles. The van der Waals surface area contributed by atoms with Crippen molar-refractivity contribution in [2.24, 2.45) is 5.92 Å². The molecule has 0 spiro atoms. The summed E-state index contributed by atoms with van der Waals surface area (Å²) in [6.07, 6.45) is 1.55. The van der Waals surface area contributed by atoms with Gasteiger partial charge >= 0.3 is 5.97 Å². The van der Waals surface area contributed by atoms with Crippen LogP contribution in [0.25, 0.3) is 0 Å². The van der Waals surface area contributed by atoms with Crippen LogP contribution in [-0.4, -0.2) is 36.0 Å². The maximum Gasteiger partial charge on any atom is 0.328 e. The first-order valence-electron chi connectivity index (χ1n) is 8.67. The summed E-state index contributed by atoms with van der Waals surface area (Å²) in [6.45, 7) is 10.6. The summed E-state index contributed by atoms with van der Waals surface area (Å²) in [4.78, 5) is 26.6. The normalized spacial score (nSPS) is 20.0. The number of aryl methyl sites for hydroxylation is 1. The van der Waals surface area contributed by atoms with Crippen LogP contribution >= 0.6 is 11.6 Å². The van der Waals surface area contributed by atoms with E-state index < -0.39 is 6.04 Å². The number of ether oxygens (including phenoxy) is 1. The maximum absolute atomic E-state index is 12.8. The van der Waals surface area contributed by atoms with Gasteiger partial charge in [-0.15, -0.1) is 0 Å². The minimum absolute atomic E-state index is 0.135. The van der Waals surface area contributed by atoms with E-state index in [1.165, 1.54) is 0 Å². The molecular weight excluding hydrogens is 326 g/mol. The fraction of sp³-hybridized carbons (Fsp3) is 0.579. The number of benzene rings is 1. The Morgan fingerprint density at radius 2 is 2.00 bits per heavy atom.